The van der Waals surface area contributed by atoms with E-state index in [1.807, 2.05) is 29.6 Å². The molecule has 0 saturated heterocycles. The van der Waals surface area contributed by atoms with Crippen molar-refractivity contribution in [1.82, 2.24) is 14.8 Å². The maximum atomic E-state index is 13.3. The summed E-state index contributed by atoms with van der Waals surface area (Å²) >= 11 is 1.56. The van der Waals surface area contributed by atoms with E-state index in [9.17, 15) is 9.18 Å². The molecule has 4 aromatic rings. The standard InChI is InChI=1S/C19H13FN4OS/c20-14-2-1-3-16(12-14)24-10-8-17(23-24)18(25)22-15-6-4-13(5-7-15)19-21-9-11-26-19/h1-12H,(H,22,25). The van der Waals surface area contributed by atoms with Crippen LogP contribution in [0.4, 0.5) is 10.1 Å². The molecule has 128 valence electrons. The SMILES string of the molecule is O=C(Nc1ccc(-c2nccs2)cc1)c1ccn(-c2cccc(F)c2)n1. The third kappa shape index (κ3) is 3.38. The van der Waals surface area contributed by atoms with Gasteiger partial charge in [0.25, 0.3) is 5.91 Å². The highest BCUT2D eigenvalue weighted by Crippen LogP contribution is 2.23. The molecule has 5 nitrogen and oxygen atoms in total. The van der Waals surface area contributed by atoms with E-state index in [2.05, 4.69) is 15.4 Å². The molecule has 2 aromatic carbocycles. The molecule has 7 heteroatoms. The number of carbonyl (C=O) groups is 1. The number of thiazole rings is 1. The highest BCUT2D eigenvalue weighted by molar-refractivity contribution is 7.13. The molecule has 1 amide bonds. The van der Waals surface area contributed by atoms with E-state index < -0.39 is 0 Å². The highest BCUT2D eigenvalue weighted by Gasteiger charge is 2.11. The quantitative estimate of drug-likeness (QED) is 0.584. The Morgan fingerprint density at radius 1 is 1.12 bits per heavy atom. The van der Waals surface area contributed by atoms with Gasteiger partial charge in [0.1, 0.15) is 10.8 Å². The summed E-state index contributed by atoms with van der Waals surface area (Å²) in [4.78, 5) is 16.6. The number of halogens is 1. The van der Waals surface area contributed by atoms with E-state index in [4.69, 9.17) is 0 Å². The first-order chi connectivity index (χ1) is 12.7. The fourth-order valence-electron chi connectivity index (χ4n) is 2.46. The smallest absolute Gasteiger partial charge is 0.276 e. The molecule has 1 N–H and O–H groups in total. The van der Waals surface area contributed by atoms with Crippen molar-refractivity contribution in [2.45, 2.75) is 0 Å². The first-order valence-corrected chi connectivity index (χ1v) is 8.70. The molecular weight excluding hydrogens is 351 g/mol. The zero-order valence-electron chi connectivity index (χ0n) is 13.5. The summed E-state index contributed by atoms with van der Waals surface area (Å²) in [5.41, 5.74) is 2.46. The van der Waals surface area contributed by atoms with Gasteiger partial charge in [0.15, 0.2) is 5.69 Å². The van der Waals surface area contributed by atoms with Crippen LogP contribution in [0.1, 0.15) is 10.5 Å². The van der Waals surface area contributed by atoms with Crippen LogP contribution in [0.5, 0.6) is 0 Å². The van der Waals surface area contributed by atoms with Crippen molar-refractivity contribution in [3.63, 3.8) is 0 Å². The van der Waals surface area contributed by atoms with Crippen LogP contribution in [0.2, 0.25) is 0 Å². The molecule has 0 aliphatic carbocycles. The van der Waals surface area contributed by atoms with Gasteiger partial charge in [-0.1, -0.05) is 6.07 Å². The number of hydrogen-bond acceptors (Lipinski definition) is 4. The van der Waals surface area contributed by atoms with Gasteiger partial charge in [-0.2, -0.15) is 5.10 Å². The van der Waals surface area contributed by atoms with Crippen LogP contribution in [0.15, 0.2) is 72.4 Å². The van der Waals surface area contributed by atoms with Crippen molar-refractivity contribution in [2.24, 2.45) is 0 Å². The summed E-state index contributed by atoms with van der Waals surface area (Å²) in [6, 6.07) is 15.0. The second-order valence-corrected chi connectivity index (χ2v) is 6.39. The normalized spacial score (nSPS) is 10.7. The minimum absolute atomic E-state index is 0.248. The van der Waals surface area contributed by atoms with E-state index in [0.717, 1.165) is 10.6 Å². The lowest BCUT2D eigenvalue weighted by Crippen LogP contribution is -2.13. The fraction of sp³-hybridized carbons (Fsp3) is 0. The third-order valence-corrected chi connectivity index (χ3v) is 4.54. The first-order valence-electron chi connectivity index (χ1n) is 7.82. The van der Waals surface area contributed by atoms with Crippen LogP contribution in [0.25, 0.3) is 16.3 Å². The lowest BCUT2D eigenvalue weighted by Gasteiger charge is -2.04. The van der Waals surface area contributed by atoms with Gasteiger partial charge in [0, 0.05) is 29.0 Å². The maximum absolute atomic E-state index is 13.3. The Kier molecular flexibility index (Phi) is 4.28. The number of nitrogens with one attached hydrogen (secondary N) is 1. The van der Waals surface area contributed by atoms with Crippen molar-refractivity contribution in [2.75, 3.05) is 5.32 Å². The molecule has 0 fully saturated rings. The number of benzene rings is 2. The average Bonchev–Trinajstić information content (AvgIpc) is 3.35. The lowest BCUT2D eigenvalue weighted by atomic mass is 10.2. The minimum Gasteiger partial charge on any atom is -0.321 e. The topological polar surface area (TPSA) is 59.8 Å². The van der Waals surface area contributed by atoms with Gasteiger partial charge in [-0.05, 0) is 48.5 Å². The van der Waals surface area contributed by atoms with Crippen molar-refractivity contribution < 1.29 is 9.18 Å². The molecule has 0 aliphatic rings. The second-order valence-electron chi connectivity index (χ2n) is 5.49. The Morgan fingerprint density at radius 2 is 1.96 bits per heavy atom. The number of anilines is 1. The highest BCUT2D eigenvalue weighted by atomic mass is 32.1. The summed E-state index contributed by atoms with van der Waals surface area (Å²) in [6.45, 7) is 0. The summed E-state index contributed by atoms with van der Waals surface area (Å²) in [5.74, 6) is -0.688. The van der Waals surface area contributed by atoms with Crippen LogP contribution >= 0.6 is 11.3 Å². The average molecular weight is 364 g/mol. The van der Waals surface area contributed by atoms with Gasteiger partial charge in [-0.25, -0.2) is 14.1 Å². The van der Waals surface area contributed by atoms with E-state index in [1.165, 1.54) is 16.8 Å². The molecule has 26 heavy (non-hydrogen) atoms. The summed E-state index contributed by atoms with van der Waals surface area (Å²) in [6.07, 6.45) is 3.37. The Morgan fingerprint density at radius 3 is 2.69 bits per heavy atom. The van der Waals surface area contributed by atoms with Gasteiger partial charge in [0.2, 0.25) is 0 Å². The molecule has 0 bridgehead atoms. The molecule has 0 saturated carbocycles. The molecule has 0 aliphatic heterocycles. The molecule has 0 unspecified atom stereocenters. The minimum atomic E-state index is -0.357. The summed E-state index contributed by atoms with van der Waals surface area (Å²) in [5, 5.41) is 9.85. The monoisotopic (exact) mass is 364 g/mol. The number of hydrogen-bond donors (Lipinski definition) is 1. The number of amides is 1. The number of rotatable bonds is 4. The van der Waals surface area contributed by atoms with Crippen LogP contribution in [-0.2, 0) is 0 Å². The lowest BCUT2D eigenvalue weighted by molar-refractivity contribution is 0.102. The second kappa shape index (κ2) is 6.89. The van der Waals surface area contributed by atoms with Crippen LogP contribution in [0, 0.1) is 5.82 Å². The molecule has 0 atom stereocenters. The van der Waals surface area contributed by atoms with Gasteiger partial charge in [0.05, 0.1) is 5.69 Å². The van der Waals surface area contributed by atoms with Crippen molar-refractivity contribution in [1.29, 1.82) is 0 Å². The molecule has 0 radical (unpaired) electrons. The largest absolute Gasteiger partial charge is 0.321 e. The first kappa shape index (κ1) is 16.2. The number of aromatic nitrogens is 3. The predicted octanol–water partition coefficient (Wildman–Crippen LogP) is 4.39. The predicted molar refractivity (Wildman–Crippen MR) is 99.0 cm³/mol. The van der Waals surface area contributed by atoms with Crippen LogP contribution in [-0.4, -0.2) is 20.7 Å². The van der Waals surface area contributed by atoms with Gasteiger partial charge < -0.3 is 5.32 Å². The molecule has 2 heterocycles. The zero-order valence-corrected chi connectivity index (χ0v) is 14.3. The van der Waals surface area contributed by atoms with Crippen molar-refractivity contribution >= 4 is 22.9 Å². The van der Waals surface area contributed by atoms with Gasteiger partial charge in [-0.15, -0.1) is 11.3 Å². The molecular formula is C19H13FN4OS. The van der Waals surface area contributed by atoms with Crippen molar-refractivity contribution in [3.05, 3.63) is 83.9 Å². The molecule has 0 spiro atoms. The van der Waals surface area contributed by atoms with E-state index in [0.29, 0.717) is 11.4 Å². The number of carbonyl (C=O) groups excluding carboxylic acids is 1. The summed E-state index contributed by atoms with van der Waals surface area (Å²) in [7, 11) is 0. The Labute approximate surface area is 152 Å². The van der Waals surface area contributed by atoms with E-state index in [1.54, 1.807) is 41.9 Å². The maximum Gasteiger partial charge on any atom is 0.276 e. The third-order valence-electron chi connectivity index (χ3n) is 3.72. The fourth-order valence-corrected chi connectivity index (χ4v) is 3.11. The zero-order chi connectivity index (χ0) is 17.9. The van der Waals surface area contributed by atoms with Gasteiger partial charge >= 0.3 is 0 Å². The Bertz CT molecular complexity index is 1040. The molecule has 4 rings (SSSR count). The van der Waals surface area contributed by atoms with E-state index in [-0.39, 0.29) is 17.4 Å². The van der Waals surface area contributed by atoms with Gasteiger partial charge in [-0.3, -0.25) is 4.79 Å². The van der Waals surface area contributed by atoms with Crippen LogP contribution in [0.3, 0.4) is 0 Å². The van der Waals surface area contributed by atoms with Crippen molar-refractivity contribution in [3.8, 4) is 16.3 Å². The van der Waals surface area contributed by atoms with E-state index >= 15 is 0 Å². The Hall–Kier alpha value is -3.32. The Balaban J connectivity index is 1.48. The summed E-state index contributed by atoms with van der Waals surface area (Å²) < 4.78 is 14.8. The van der Waals surface area contributed by atoms with Crippen LogP contribution < -0.4 is 5.32 Å². The molecule has 2 aromatic heterocycles. The number of nitrogens with zero attached hydrogens (tertiary/aromatic N) is 3.